The van der Waals surface area contributed by atoms with Gasteiger partial charge in [0.2, 0.25) is 5.91 Å². The Bertz CT molecular complexity index is 756. The van der Waals surface area contributed by atoms with Gasteiger partial charge in [-0.25, -0.2) is 4.79 Å². The third-order valence-electron chi connectivity index (χ3n) is 3.73. The predicted octanol–water partition coefficient (Wildman–Crippen LogP) is 2.38. The second kappa shape index (κ2) is 8.70. The van der Waals surface area contributed by atoms with E-state index in [-0.39, 0.29) is 29.5 Å². The molecule has 0 saturated carbocycles. The molecular formula is C18H22N4O4. The van der Waals surface area contributed by atoms with Gasteiger partial charge in [-0.05, 0) is 36.4 Å². The van der Waals surface area contributed by atoms with Gasteiger partial charge < -0.3 is 25.3 Å². The van der Waals surface area contributed by atoms with Crippen LogP contribution < -0.4 is 16.0 Å². The van der Waals surface area contributed by atoms with Crippen molar-refractivity contribution in [2.24, 2.45) is 5.92 Å². The Morgan fingerprint density at radius 1 is 1.08 bits per heavy atom. The zero-order chi connectivity index (χ0) is 19.1. The lowest BCUT2D eigenvalue weighted by Crippen LogP contribution is -2.39. The maximum atomic E-state index is 12.2. The highest BCUT2D eigenvalue weighted by Gasteiger charge is 2.17. The first kappa shape index (κ1) is 19.0. The molecule has 0 aliphatic rings. The third-order valence-corrected chi connectivity index (χ3v) is 3.73. The predicted molar refractivity (Wildman–Crippen MR) is 98.0 cm³/mol. The van der Waals surface area contributed by atoms with Crippen molar-refractivity contribution in [1.82, 2.24) is 10.2 Å². The Labute approximate surface area is 151 Å². The lowest BCUT2D eigenvalue weighted by atomic mass is 10.1. The van der Waals surface area contributed by atoms with Crippen molar-refractivity contribution in [2.45, 2.75) is 6.92 Å². The molecule has 8 nitrogen and oxygen atoms in total. The van der Waals surface area contributed by atoms with E-state index in [2.05, 4.69) is 16.0 Å². The van der Waals surface area contributed by atoms with Gasteiger partial charge in [0, 0.05) is 32.0 Å². The van der Waals surface area contributed by atoms with E-state index in [0.717, 1.165) is 0 Å². The quantitative estimate of drug-likeness (QED) is 0.737. The highest BCUT2D eigenvalue weighted by Crippen LogP contribution is 2.15. The molecule has 0 aliphatic heterocycles. The fourth-order valence-corrected chi connectivity index (χ4v) is 2.28. The van der Waals surface area contributed by atoms with Gasteiger partial charge in [-0.3, -0.25) is 9.59 Å². The second-order valence-electron chi connectivity index (χ2n) is 5.83. The van der Waals surface area contributed by atoms with E-state index in [9.17, 15) is 14.4 Å². The third kappa shape index (κ3) is 5.10. The Morgan fingerprint density at radius 2 is 1.69 bits per heavy atom. The molecule has 4 amide bonds. The van der Waals surface area contributed by atoms with Gasteiger partial charge in [0.25, 0.3) is 5.91 Å². The van der Waals surface area contributed by atoms with Crippen LogP contribution in [0.1, 0.15) is 17.5 Å². The summed E-state index contributed by atoms with van der Waals surface area (Å²) in [5, 5.41) is 7.98. The van der Waals surface area contributed by atoms with Crippen LogP contribution in [0, 0.1) is 5.92 Å². The van der Waals surface area contributed by atoms with Gasteiger partial charge in [-0.2, -0.15) is 0 Å². The molecule has 3 N–H and O–H groups in total. The highest BCUT2D eigenvalue weighted by atomic mass is 16.3. The van der Waals surface area contributed by atoms with Crippen LogP contribution in [-0.2, 0) is 4.79 Å². The highest BCUT2D eigenvalue weighted by molar-refractivity contribution is 6.02. The minimum absolute atomic E-state index is 0.124. The van der Waals surface area contributed by atoms with Gasteiger partial charge in [0.15, 0.2) is 5.76 Å². The standard InChI is InChI=1S/C18H22N4O4/c1-12(16(23)19-2)11-22(3)18(25)21-14-8-6-13(7-9-14)20-17(24)15-5-4-10-26-15/h4-10,12H,11H2,1-3H3,(H,19,23)(H,20,24)(H,21,25)/t12-/m0/s1. The van der Waals surface area contributed by atoms with E-state index >= 15 is 0 Å². The average Bonchev–Trinajstić information content (AvgIpc) is 3.17. The van der Waals surface area contributed by atoms with Gasteiger partial charge >= 0.3 is 6.03 Å². The minimum atomic E-state index is -0.352. The number of rotatable bonds is 6. The monoisotopic (exact) mass is 358 g/mol. The van der Waals surface area contributed by atoms with Crippen LogP contribution in [0.2, 0.25) is 0 Å². The first-order valence-corrected chi connectivity index (χ1v) is 8.09. The molecule has 0 bridgehead atoms. The van der Waals surface area contributed by atoms with Gasteiger partial charge in [0.1, 0.15) is 0 Å². The fourth-order valence-electron chi connectivity index (χ4n) is 2.28. The molecule has 0 saturated heterocycles. The summed E-state index contributed by atoms with van der Waals surface area (Å²) >= 11 is 0. The van der Waals surface area contributed by atoms with E-state index in [1.165, 1.54) is 11.2 Å². The van der Waals surface area contributed by atoms with Crippen molar-refractivity contribution in [3.05, 3.63) is 48.4 Å². The van der Waals surface area contributed by atoms with Crippen molar-refractivity contribution < 1.29 is 18.8 Å². The summed E-state index contributed by atoms with van der Waals surface area (Å²) in [5.41, 5.74) is 1.15. The normalized spacial score (nSPS) is 11.3. The average molecular weight is 358 g/mol. The van der Waals surface area contributed by atoms with E-state index in [4.69, 9.17) is 4.42 Å². The van der Waals surface area contributed by atoms with Crippen LogP contribution in [0.4, 0.5) is 16.2 Å². The van der Waals surface area contributed by atoms with E-state index in [1.807, 2.05) is 0 Å². The molecule has 26 heavy (non-hydrogen) atoms. The molecule has 0 aliphatic carbocycles. The van der Waals surface area contributed by atoms with Crippen LogP contribution >= 0.6 is 0 Å². The molecule has 1 atom stereocenters. The van der Waals surface area contributed by atoms with Crippen molar-refractivity contribution in [3.8, 4) is 0 Å². The van der Waals surface area contributed by atoms with Crippen LogP contribution in [0.3, 0.4) is 0 Å². The molecule has 0 spiro atoms. The Hall–Kier alpha value is -3.29. The molecule has 1 aromatic carbocycles. The Kier molecular flexibility index (Phi) is 6.37. The van der Waals surface area contributed by atoms with Crippen molar-refractivity contribution in [1.29, 1.82) is 0 Å². The number of benzene rings is 1. The number of carbonyl (C=O) groups is 3. The zero-order valence-corrected chi connectivity index (χ0v) is 14.9. The number of hydrogen-bond acceptors (Lipinski definition) is 4. The second-order valence-corrected chi connectivity index (χ2v) is 5.83. The number of amides is 4. The minimum Gasteiger partial charge on any atom is -0.459 e. The van der Waals surface area contributed by atoms with Crippen molar-refractivity contribution in [2.75, 3.05) is 31.3 Å². The first-order valence-electron chi connectivity index (χ1n) is 8.09. The lowest BCUT2D eigenvalue weighted by Gasteiger charge is -2.21. The first-order chi connectivity index (χ1) is 12.4. The summed E-state index contributed by atoms with van der Waals surface area (Å²) in [5.74, 6) is -0.569. The molecule has 2 aromatic rings. The molecule has 2 rings (SSSR count). The van der Waals surface area contributed by atoms with Crippen molar-refractivity contribution >= 4 is 29.2 Å². The number of anilines is 2. The number of urea groups is 1. The summed E-state index contributed by atoms with van der Waals surface area (Å²) in [6, 6.07) is 9.56. The lowest BCUT2D eigenvalue weighted by molar-refractivity contribution is -0.124. The Balaban J connectivity index is 1.89. The summed E-state index contributed by atoms with van der Waals surface area (Å²) in [7, 11) is 3.18. The topological polar surface area (TPSA) is 104 Å². The molecular weight excluding hydrogens is 336 g/mol. The number of nitrogens with zero attached hydrogens (tertiary/aromatic N) is 1. The van der Waals surface area contributed by atoms with E-state index in [1.54, 1.807) is 57.4 Å². The number of carbonyl (C=O) groups excluding carboxylic acids is 3. The van der Waals surface area contributed by atoms with Crippen LogP contribution in [0.5, 0.6) is 0 Å². The van der Waals surface area contributed by atoms with Gasteiger partial charge in [0.05, 0.1) is 12.2 Å². The van der Waals surface area contributed by atoms with Crippen LogP contribution in [-0.4, -0.2) is 43.4 Å². The molecule has 1 aromatic heterocycles. The summed E-state index contributed by atoms with van der Waals surface area (Å²) in [6.07, 6.45) is 1.43. The maximum Gasteiger partial charge on any atom is 0.321 e. The largest absolute Gasteiger partial charge is 0.459 e. The van der Waals surface area contributed by atoms with E-state index < -0.39 is 0 Å². The van der Waals surface area contributed by atoms with Gasteiger partial charge in [-0.1, -0.05) is 6.92 Å². The zero-order valence-electron chi connectivity index (χ0n) is 14.9. The van der Waals surface area contributed by atoms with Crippen molar-refractivity contribution in [3.63, 3.8) is 0 Å². The number of furan rings is 1. The number of nitrogens with one attached hydrogen (secondary N) is 3. The smallest absolute Gasteiger partial charge is 0.321 e. The molecule has 0 unspecified atom stereocenters. The fraction of sp³-hybridized carbons (Fsp3) is 0.278. The molecule has 8 heteroatoms. The van der Waals surface area contributed by atoms with Gasteiger partial charge in [-0.15, -0.1) is 0 Å². The Morgan fingerprint density at radius 3 is 2.23 bits per heavy atom. The number of hydrogen-bond donors (Lipinski definition) is 3. The van der Waals surface area contributed by atoms with Crippen LogP contribution in [0.25, 0.3) is 0 Å². The molecule has 138 valence electrons. The maximum absolute atomic E-state index is 12.2. The SMILES string of the molecule is CNC(=O)[C@@H](C)CN(C)C(=O)Nc1ccc(NC(=O)c2ccco2)cc1. The molecule has 0 radical (unpaired) electrons. The van der Waals surface area contributed by atoms with Crippen LogP contribution in [0.15, 0.2) is 47.1 Å². The summed E-state index contributed by atoms with van der Waals surface area (Å²) in [6.45, 7) is 2.04. The molecule has 1 heterocycles. The summed E-state index contributed by atoms with van der Waals surface area (Å²) in [4.78, 5) is 37.0. The summed E-state index contributed by atoms with van der Waals surface area (Å²) < 4.78 is 5.02. The molecule has 0 fully saturated rings. The van der Waals surface area contributed by atoms with E-state index in [0.29, 0.717) is 17.9 Å².